The van der Waals surface area contributed by atoms with Gasteiger partial charge in [-0.15, -0.1) is 0 Å². The average Bonchev–Trinajstić information content (AvgIpc) is 3.01. The second-order valence-corrected chi connectivity index (χ2v) is 6.17. The van der Waals surface area contributed by atoms with Gasteiger partial charge in [-0.3, -0.25) is 4.79 Å². The number of nitrogens with one attached hydrogen (secondary N) is 1. The number of halogens is 2. The van der Waals surface area contributed by atoms with Gasteiger partial charge < -0.3 is 9.84 Å². The molecule has 0 atom stereocenters. The van der Waals surface area contributed by atoms with Crippen molar-refractivity contribution in [2.45, 2.75) is 13.3 Å². The Hall–Kier alpha value is -2.30. The largest absolute Gasteiger partial charge is 0.356 e. The van der Waals surface area contributed by atoms with Crippen molar-refractivity contribution in [2.24, 2.45) is 0 Å². The first kappa shape index (κ1) is 16.6. The van der Waals surface area contributed by atoms with Crippen molar-refractivity contribution in [1.82, 2.24) is 5.16 Å². The van der Waals surface area contributed by atoms with Crippen LogP contribution in [0.3, 0.4) is 0 Å². The molecule has 0 spiro atoms. The van der Waals surface area contributed by atoms with E-state index >= 15 is 0 Å². The lowest BCUT2D eigenvalue weighted by atomic mass is 10.1. The van der Waals surface area contributed by atoms with Crippen molar-refractivity contribution in [3.05, 3.63) is 69.8 Å². The molecule has 0 saturated heterocycles. The van der Waals surface area contributed by atoms with E-state index < -0.39 is 0 Å². The third kappa shape index (κ3) is 3.78. The van der Waals surface area contributed by atoms with Crippen LogP contribution in [0.2, 0.25) is 10.0 Å². The summed E-state index contributed by atoms with van der Waals surface area (Å²) in [6.45, 7) is 1.85. The van der Waals surface area contributed by atoms with E-state index in [2.05, 4.69) is 10.5 Å². The van der Waals surface area contributed by atoms with Gasteiger partial charge in [0.1, 0.15) is 0 Å². The monoisotopic (exact) mass is 360 g/mol. The number of amides is 1. The summed E-state index contributed by atoms with van der Waals surface area (Å²) in [5.41, 5.74) is 2.92. The number of carbonyl (C=O) groups excluding carboxylic acids is 1. The van der Waals surface area contributed by atoms with Crippen molar-refractivity contribution >= 4 is 34.8 Å². The molecular formula is C18H14Cl2N2O2. The van der Waals surface area contributed by atoms with Crippen LogP contribution in [-0.4, -0.2) is 11.1 Å². The standard InChI is InChI=1S/C18H14Cl2N2O2/c1-11-15(20)3-2-4-16(11)21-18(23)10-14-9-17(24-22-14)12-5-7-13(19)8-6-12/h2-9H,10H2,1H3,(H,21,23). The van der Waals surface area contributed by atoms with Crippen molar-refractivity contribution in [1.29, 1.82) is 0 Å². The second kappa shape index (κ2) is 7.07. The predicted octanol–water partition coefficient (Wildman–Crippen LogP) is 5.14. The topological polar surface area (TPSA) is 55.1 Å². The molecule has 24 heavy (non-hydrogen) atoms. The summed E-state index contributed by atoms with van der Waals surface area (Å²) in [7, 11) is 0. The van der Waals surface area contributed by atoms with Crippen LogP contribution in [-0.2, 0) is 11.2 Å². The molecule has 0 unspecified atom stereocenters. The maximum atomic E-state index is 12.2. The number of hydrogen-bond donors (Lipinski definition) is 1. The highest BCUT2D eigenvalue weighted by Gasteiger charge is 2.12. The summed E-state index contributed by atoms with van der Waals surface area (Å²) in [6, 6.07) is 14.3. The lowest BCUT2D eigenvalue weighted by molar-refractivity contribution is -0.115. The fourth-order valence-electron chi connectivity index (χ4n) is 2.25. The van der Waals surface area contributed by atoms with Crippen LogP contribution in [0.15, 0.2) is 53.1 Å². The molecule has 0 aliphatic heterocycles. The van der Waals surface area contributed by atoms with Crippen molar-refractivity contribution in [2.75, 3.05) is 5.32 Å². The van der Waals surface area contributed by atoms with Gasteiger partial charge in [0, 0.05) is 27.4 Å². The highest BCUT2D eigenvalue weighted by atomic mass is 35.5. The van der Waals surface area contributed by atoms with Crippen LogP contribution in [0.25, 0.3) is 11.3 Å². The molecule has 6 heteroatoms. The minimum atomic E-state index is -0.184. The van der Waals surface area contributed by atoms with E-state index in [1.165, 1.54) is 0 Å². The van der Waals surface area contributed by atoms with Crippen LogP contribution in [0.5, 0.6) is 0 Å². The first-order valence-corrected chi connectivity index (χ1v) is 8.05. The minimum Gasteiger partial charge on any atom is -0.356 e. The van der Waals surface area contributed by atoms with Crippen LogP contribution in [0.1, 0.15) is 11.3 Å². The summed E-state index contributed by atoms with van der Waals surface area (Å²) in [4.78, 5) is 12.2. The molecule has 0 radical (unpaired) electrons. The number of nitrogens with zero attached hydrogens (tertiary/aromatic N) is 1. The molecule has 1 heterocycles. The van der Waals surface area contributed by atoms with Gasteiger partial charge in [-0.2, -0.15) is 0 Å². The second-order valence-electron chi connectivity index (χ2n) is 5.33. The normalized spacial score (nSPS) is 10.6. The lowest BCUT2D eigenvalue weighted by Gasteiger charge is -2.08. The number of benzene rings is 2. The molecule has 1 amide bonds. The fourth-order valence-corrected chi connectivity index (χ4v) is 2.55. The van der Waals surface area contributed by atoms with Crippen LogP contribution in [0.4, 0.5) is 5.69 Å². The molecule has 3 aromatic rings. The maximum absolute atomic E-state index is 12.2. The van der Waals surface area contributed by atoms with E-state index in [4.69, 9.17) is 27.7 Å². The first-order valence-electron chi connectivity index (χ1n) is 7.29. The molecular weight excluding hydrogens is 347 g/mol. The quantitative estimate of drug-likeness (QED) is 0.700. The van der Waals surface area contributed by atoms with E-state index in [0.29, 0.717) is 27.2 Å². The molecule has 4 nitrogen and oxygen atoms in total. The number of anilines is 1. The highest BCUT2D eigenvalue weighted by molar-refractivity contribution is 6.31. The zero-order chi connectivity index (χ0) is 17.1. The first-order chi connectivity index (χ1) is 11.5. The Morgan fingerprint density at radius 3 is 2.67 bits per heavy atom. The molecule has 3 rings (SSSR count). The van der Waals surface area contributed by atoms with E-state index in [0.717, 1.165) is 11.1 Å². The highest BCUT2D eigenvalue weighted by Crippen LogP contribution is 2.24. The molecule has 0 saturated carbocycles. The summed E-state index contributed by atoms with van der Waals surface area (Å²) in [5, 5.41) is 8.03. The summed E-state index contributed by atoms with van der Waals surface area (Å²) < 4.78 is 5.29. The third-order valence-corrected chi connectivity index (χ3v) is 4.23. The molecule has 2 aromatic carbocycles. The SMILES string of the molecule is Cc1c(Cl)cccc1NC(=O)Cc1cc(-c2ccc(Cl)cc2)on1. The van der Waals surface area contributed by atoms with Crippen molar-refractivity contribution < 1.29 is 9.32 Å². The van der Waals surface area contributed by atoms with Crippen LogP contribution in [0, 0.1) is 6.92 Å². The molecule has 0 aliphatic rings. The zero-order valence-corrected chi connectivity index (χ0v) is 14.4. The molecule has 0 bridgehead atoms. The smallest absolute Gasteiger partial charge is 0.230 e. The van der Waals surface area contributed by atoms with E-state index in [1.54, 1.807) is 36.4 Å². The van der Waals surface area contributed by atoms with E-state index in [1.807, 2.05) is 19.1 Å². The van der Waals surface area contributed by atoms with Gasteiger partial charge in [0.15, 0.2) is 5.76 Å². The van der Waals surface area contributed by atoms with Crippen LogP contribution >= 0.6 is 23.2 Å². The third-order valence-electron chi connectivity index (χ3n) is 3.57. The number of hydrogen-bond acceptors (Lipinski definition) is 3. The van der Waals surface area contributed by atoms with Crippen molar-refractivity contribution in [3.8, 4) is 11.3 Å². The van der Waals surface area contributed by atoms with Gasteiger partial charge >= 0.3 is 0 Å². The van der Waals surface area contributed by atoms with Gasteiger partial charge in [-0.1, -0.05) is 34.4 Å². The van der Waals surface area contributed by atoms with E-state index in [-0.39, 0.29) is 12.3 Å². The van der Waals surface area contributed by atoms with Gasteiger partial charge in [0.25, 0.3) is 0 Å². The van der Waals surface area contributed by atoms with Crippen molar-refractivity contribution in [3.63, 3.8) is 0 Å². The van der Waals surface area contributed by atoms with Gasteiger partial charge in [0.2, 0.25) is 5.91 Å². The Bertz CT molecular complexity index is 873. The van der Waals surface area contributed by atoms with Gasteiger partial charge in [-0.25, -0.2) is 0 Å². The molecule has 1 aromatic heterocycles. The maximum Gasteiger partial charge on any atom is 0.230 e. The number of carbonyl (C=O) groups is 1. The Balaban J connectivity index is 1.69. The Kier molecular flexibility index (Phi) is 4.88. The molecule has 0 aliphatic carbocycles. The Morgan fingerprint density at radius 2 is 1.92 bits per heavy atom. The number of rotatable bonds is 4. The fraction of sp³-hybridized carbons (Fsp3) is 0.111. The van der Waals surface area contributed by atoms with Crippen LogP contribution < -0.4 is 5.32 Å². The molecule has 0 fully saturated rings. The molecule has 1 N–H and O–H groups in total. The summed E-state index contributed by atoms with van der Waals surface area (Å²) >= 11 is 11.9. The van der Waals surface area contributed by atoms with E-state index in [9.17, 15) is 4.79 Å². The Labute approximate surface area is 149 Å². The predicted molar refractivity (Wildman–Crippen MR) is 95.5 cm³/mol. The average molecular weight is 361 g/mol. The van der Waals surface area contributed by atoms with Gasteiger partial charge in [-0.05, 0) is 48.9 Å². The zero-order valence-electron chi connectivity index (χ0n) is 12.8. The Morgan fingerprint density at radius 1 is 1.17 bits per heavy atom. The minimum absolute atomic E-state index is 0.114. The molecule has 122 valence electrons. The number of aromatic nitrogens is 1. The van der Waals surface area contributed by atoms with Gasteiger partial charge in [0.05, 0.1) is 12.1 Å². The lowest BCUT2D eigenvalue weighted by Crippen LogP contribution is -2.15. The summed E-state index contributed by atoms with van der Waals surface area (Å²) in [5.74, 6) is 0.407. The summed E-state index contributed by atoms with van der Waals surface area (Å²) in [6.07, 6.45) is 0.114.